The summed E-state index contributed by atoms with van der Waals surface area (Å²) in [6.07, 6.45) is 4.81. The molecule has 13 heavy (non-hydrogen) atoms. The van der Waals surface area contributed by atoms with Gasteiger partial charge in [0.15, 0.2) is 0 Å². The molecule has 0 fully saturated rings. The Kier molecular flexibility index (Phi) is 3.26. The molecule has 67 valence electrons. The topological polar surface area (TPSA) is 20.3 Å². The molecule has 0 aliphatic rings. The Balaban J connectivity index is 2.81. The maximum atomic E-state index is 9.93. The van der Waals surface area contributed by atoms with Crippen LogP contribution in [0.4, 0.5) is 5.69 Å². The first-order valence-electron chi connectivity index (χ1n) is 4.05. The molecular formula is C11H12NO. The largest absolute Gasteiger partial charge is 0.378 e. The van der Waals surface area contributed by atoms with E-state index in [-0.39, 0.29) is 0 Å². The van der Waals surface area contributed by atoms with Crippen LogP contribution in [-0.4, -0.2) is 20.4 Å². The van der Waals surface area contributed by atoms with Gasteiger partial charge in [-0.1, -0.05) is 18.2 Å². The molecule has 1 aromatic carbocycles. The average molecular weight is 174 g/mol. The minimum Gasteiger partial charge on any atom is -0.378 e. The van der Waals surface area contributed by atoms with Crippen molar-refractivity contribution in [2.75, 3.05) is 19.0 Å². The van der Waals surface area contributed by atoms with Crippen LogP contribution in [-0.2, 0) is 4.79 Å². The Morgan fingerprint density at radius 3 is 2.31 bits per heavy atom. The fourth-order valence-electron chi connectivity index (χ4n) is 1.01. The highest BCUT2D eigenvalue weighted by molar-refractivity contribution is 5.74. The maximum Gasteiger partial charge on any atom is 0.225 e. The third-order valence-corrected chi connectivity index (χ3v) is 1.75. The Morgan fingerprint density at radius 1 is 1.23 bits per heavy atom. The molecule has 0 amide bonds. The van der Waals surface area contributed by atoms with Crippen molar-refractivity contribution >= 4 is 18.0 Å². The summed E-state index contributed by atoms with van der Waals surface area (Å²) >= 11 is 0. The van der Waals surface area contributed by atoms with Crippen molar-refractivity contribution in [1.29, 1.82) is 0 Å². The van der Waals surface area contributed by atoms with Crippen LogP contribution < -0.4 is 4.90 Å². The lowest BCUT2D eigenvalue weighted by molar-refractivity contribution is 0.564. The zero-order valence-corrected chi connectivity index (χ0v) is 7.82. The van der Waals surface area contributed by atoms with Crippen LogP contribution in [0, 0.1) is 0 Å². The SMILES string of the molecule is CN(C)c1ccc(/C=C/[C]=O)cc1. The van der Waals surface area contributed by atoms with E-state index in [1.54, 1.807) is 12.4 Å². The number of benzene rings is 1. The molecular weight excluding hydrogens is 162 g/mol. The van der Waals surface area contributed by atoms with Gasteiger partial charge < -0.3 is 4.90 Å². The van der Waals surface area contributed by atoms with Gasteiger partial charge in [0.25, 0.3) is 0 Å². The van der Waals surface area contributed by atoms with Crippen LogP contribution in [0.25, 0.3) is 6.08 Å². The molecule has 0 heterocycles. The second kappa shape index (κ2) is 4.45. The number of anilines is 1. The third kappa shape index (κ3) is 2.75. The first-order valence-corrected chi connectivity index (χ1v) is 4.05. The number of carbonyl (C=O) groups excluding carboxylic acids is 1. The van der Waals surface area contributed by atoms with Crippen LogP contribution in [0.5, 0.6) is 0 Å². The highest BCUT2D eigenvalue weighted by Gasteiger charge is 1.92. The van der Waals surface area contributed by atoms with Crippen molar-refractivity contribution < 1.29 is 4.79 Å². The van der Waals surface area contributed by atoms with Crippen LogP contribution in [0.1, 0.15) is 5.56 Å². The fraction of sp³-hybridized carbons (Fsp3) is 0.182. The molecule has 0 atom stereocenters. The van der Waals surface area contributed by atoms with Gasteiger partial charge in [-0.2, -0.15) is 0 Å². The summed E-state index contributed by atoms with van der Waals surface area (Å²) in [6, 6.07) is 7.93. The summed E-state index contributed by atoms with van der Waals surface area (Å²) < 4.78 is 0. The molecule has 0 saturated heterocycles. The summed E-state index contributed by atoms with van der Waals surface area (Å²) in [5.74, 6) is 0. The molecule has 0 bridgehead atoms. The van der Waals surface area contributed by atoms with Crippen LogP contribution >= 0.6 is 0 Å². The molecule has 1 aromatic rings. The third-order valence-electron chi connectivity index (χ3n) is 1.75. The number of hydrogen-bond donors (Lipinski definition) is 0. The van der Waals surface area contributed by atoms with Gasteiger partial charge >= 0.3 is 0 Å². The predicted molar refractivity (Wildman–Crippen MR) is 55.5 cm³/mol. The van der Waals surface area contributed by atoms with Crippen LogP contribution in [0.15, 0.2) is 30.3 Å². The van der Waals surface area contributed by atoms with E-state index in [2.05, 4.69) is 0 Å². The zero-order chi connectivity index (χ0) is 9.68. The van der Waals surface area contributed by atoms with Gasteiger partial charge in [0, 0.05) is 19.8 Å². The van der Waals surface area contributed by atoms with Gasteiger partial charge in [0.05, 0.1) is 0 Å². The van der Waals surface area contributed by atoms with Crippen molar-refractivity contribution in [3.8, 4) is 0 Å². The molecule has 0 aliphatic carbocycles. The molecule has 2 nitrogen and oxygen atoms in total. The standard InChI is InChI=1S/C11H12NO/c1-12(2)11-7-5-10(6-8-11)4-3-9-13/h3-8H,1-2H3/b4-3+. The van der Waals surface area contributed by atoms with E-state index < -0.39 is 0 Å². The number of hydrogen-bond acceptors (Lipinski definition) is 2. The summed E-state index contributed by atoms with van der Waals surface area (Å²) in [4.78, 5) is 12.0. The molecule has 0 unspecified atom stereocenters. The smallest absolute Gasteiger partial charge is 0.225 e. The van der Waals surface area contributed by atoms with E-state index in [9.17, 15) is 4.79 Å². The van der Waals surface area contributed by atoms with E-state index in [1.807, 2.05) is 43.3 Å². The zero-order valence-electron chi connectivity index (χ0n) is 7.82. The van der Waals surface area contributed by atoms with E-state index in [1.165, 1.54) is 6.08 Å². The molecule has 1 radical (unpaired) electrons. The van der Waals surface area contributed by atoms with E-state index in [4.69, 9.17) is 0 Å². The van der Waals surface area contributed by atoms with Gasteiger partial charge in [0.2, 0.25) is 6.29 Å². The van der Waals surface area contributed by atoms with Gasteiger partial charge in [-0.3, -0.25) is 4.79 Å². The van der Waals surface area contributed by atoms with E-state index in [0.717, 1.165) is 11.3 Å². The Labute approximate surface area is 78.5 Å². The van der Waals surface area contributed by atoms with Crippen molar-refractivity contribution in [2.45, 2.75) is 0 Å². The molecule has 0 N–H and O–H groups in total. The second-order valence-corrected chi connectivity index (χ2v) is 2.94. The maximum absolute atomic E-state index is 9.93. The number of nitrogens with zero attached hydrogens (tertiary/aromatic N) is 1. The van der Waals surface area contributed by atoms with Crippen molar-refractivity contribution in [3.05, 3.63) is 35.9 Å². The normalized spacial score (nSPS) is 10.3. The molecule has 1 rings (SSSR count). The molecule has 2 heteroatoms. The predicted octanol–water partition coefficient (Wildman–Crippen LogP) is 1.88. The second-order valence-electron chi connectivity index (χ2n) is 2.94. The molecule has 0 spiro atoms. The number of rotatable bonds is 3. The van der Waals surface area contributed by atoms with Crippen molar-refractivity contribution in [2.24, 2.45) is 0 Å². The van der Waals surface area contributed by atoms with Gasteiger partial charge in [-0.05, 0) is 23.8 Å². The first-order chi connectivity index (χ1) is 6.24. The van der Waals surface area contributed by atoms with Gasteiger partial charge in [-0.15, -0.1) is 0 Å². The highest BCUT2D eigenvalue weighted by Crippen LogP contribution is 2.12. The first kappa shape index (κ1) is 9.52. The van der Waals surface area contributed by atoms with Crippen molar-refractivity contribution in [3.63, 3.8) is 0 Å². The molecule has 0 saturated carbocycles. The van der Waals surface area contributed by atoms with Crippen LogP contribution in [0.2, 0.25) is 0 Å². The Morgan fingerprint density at radius 2 is 1.85 bits per heavy atom. The highest BCUT2D eigenvalue weighted by atomic mass is 16.1. The molecule has 0 aliphatic heterocycles. The fourth-order valence-corrected chi connectivity index (χ4v) is 1.01. The van der Waals surface area contributed by atoms with Gasteiger partial charge in [0.1, 0.15) is 0 Å². The quantitative estimate of drug-likeness (QED) is 0.652. The monoisotopic (exact) mass is 174 g/mol. The summed E-state index contributed by atoms with van der Waals surface area (Å²) in [7, 11) is 3.98. The summed E-state index contributed by atoms with van der Waals surface area (Å²) in [6.45, 7) is 0. The van der Waals surface area contributed by atoms with E-state index >= 15 is 0 Å². The lowest BCUT2D eigenvalue weighted by Gasteiger charge is -2.11. The average Bonchev–Trinajstić information content (AvgIpc) is 2.15. The minimum atomic E-state index is 1.01. The Hall–Kier alpha value is -1.57. The number of allylic oxidation sites excluding steroid dienone is 1. The Bertz CT molecular complexity index is 298. The van der Waals surface area contributed by atoms with Crippen molar-refractivity contribution in [1.82, 2.24) is 0 Å². The van der Waals surface area contributed by atoms with Crippen LogP contribution in [0.3, 0.4) is 0 Å². The van der Waals surface area contributed by atoms with Gasteiger partial charge in [-0.25, -0.2) is 0 Å². The summed E-state index contributed by atoms with van der Waals surface area (Å²) in [5, 5.41) is 0. The van der Waals surface area contributed by atoms with E-state index in [0.29, 0.717) is 0 Å². The molecule has 0 aromatic heterocycles. The lowest BCUT2D eigenvalue weighted by Crippen LogP contribution is -2.07. The summed E-state index contributed by atoms with van der Waals surface area (Å²) in [5.41, 5.74) is 2.15. The lowest BCUT2D eigenvalue weighted by atomic mass is 10.2. The minimum absolute atomic E-state index is 1.01.